The Morgan fingerprint density at radius 1 is 0.392 bits per heavy atom. The first-order chi connectivity index (χ1) is 35.1. The van der Waals surface area contributed by atoms with E-state index in [4.69, 9.17) is 0 Å². The Bertz CT molecular complexity index is 1300. The van der Waals surface area contributed by atoms with Crippen LogP contribution in [0.3, 0.4) is 0 Å². The summed E-state index contributed by atoms with van der Waals surface area (Å²) in [4.78, 5) is 36.7. The molecule has 0 radical (unpaired) electrons. The number of carbonyl (C=O) groups excluding carboxylic acids is 3. The molecule has 0 aromatic rings. The Kier molecular flexibility index (Phi) is 60.6. The molecule has 0 bridgehead atoms. The molecule has 438 valence electrons. The minimum absolute atomic E-state index is 0.0384. The highest BCUT2D eigenvalue weighted by Crippen LogP contribution is 2.11. The Labute approximate surface area is 458 Å². The molecule has 13 nitrogen and oxygen atoms in total. The van der Waals surface area contributed by atoms with E-state index < -0.39 is 0 Å². The van der Waals surface area contributed by atoms with Crippen LogP contribution in [-0.4, -0.2) is 154 Å². The van der Waals surface area contributed by atoms with Gasteiger partial charge in [-0.1, -0.05) is 127 Å². The largest absolute Gasteiger partial charge is 0.356 e. The third kappa shape index (κ3) is 83.1. The van der Waals surface area contributed by atoms with Gasteiger partial charge in [-0.3, -0.25) is 14.4 Å². The number of unbranched alkanes of at least 4 members (excludes halogenated alkanes) is 21. The van der Waals surface area contributed by atoms with Gasteiger partial charge in [-0.15, -0.1) is 13.2 Å². The highest BCUT2D eigenvalue weighted by atomic mass is 16.5. The van der Waals surface area contributed by atoms with Crippen molar-refractivity contribution in [2.45, 2.75) is 226 Å². The lowest BCUT2D eigenvalue weighted by Crippen LogP contribution is -2.38. The third-order valence-electron chi connectivity index (χ3n) is 12.0. The molecule has 6 N–H and O–H groups in total. The second-order valence-corrected chi connectivity index (χ2v) is 22.1. The van der Waals surface area contributed by atoms with Gasteiger partial charge in [0, 0.05) is 51.7 Å². The smallest absolute Gasteiger partial charge is 0.219 e. The van der Waals surface area contributed by atoms with Gasteiger partial charge in [-0.05, 0) is 123 Å². The topological polar surface area (TPSA) is 151 Å². The molecule has 0 spiro atoms. The maximum Gasteiger partial charge on any atom is 0.219 e. The summed E-state index contributed by atoms with van der Waals surface area (Å²) in [7, 11) is 14.7. The molecule has 13 heteroatoms. The number of nitrogens with zero attached hydrogens (tertiary/aromatic N) is 4. The summed E-state index contributed by atoms with van der Waals surface area (Å²) in [5.41, 5.74) is 0. The Hall–Kier alpha value is -2.91. The average Bonchev–Trinajstić information content (AvgIpc) is 3.32. The molecule has 0 aliphatic heterocycles. The molecule has 74 heavy (non-hydrogen) atoms. The van der Waals surface area contributed by atoms with Crippen molar-refractivity contribution >= 4 is 17.7 Å². The maximum absolute atomic E-state index is 11.6. The summed E-state index contributed by atoms with van der Waals surface area (Å²) >= 11 is 0. The van der Waals surface area contributed by atoms with Crippen LogP contribution >= 0.6 is 0 Å². The lowest BCUT2D eigenvalue weighted by atomic mass is 10.1. The summed E-state index contributed by atoms with van der Waals surface area (Å²) in [5.74, 6) is 0.485. The van der Waals surface area contributed by atoms with E-state index >= 15 is 0 Å². The van der Waals surface area contributed by atoms with E-state index in [0.717, 1.165) is 103 Å². The van der Waals surface area contributed by atoms with Crippen LogP contribution in [0.4, 0.5) is 0 Å². The lowest BCUT2D eigenvalue weighted by molar-refractivity contribution is -1.07. The van der Waals surface area contributed by atoms with E-state index in [0.29, 0.717) is 45.4 Å². The first kappa shape index (κ1) is 77.6. The molecule has 0 aliphatic carbocycles. The van der Waals surface area contributed by atoms with Crippen LogP contribution in [0.25, 0.3) is 0 Å². The first-order valence-corrected chi connectivity index (χ1v) is 29.8. The van der Waals surface area contributed by atoms with Gasteiger partial charge in [0.2, 0.25) is 17.7 Å². The van der Waals surface area contributed by atoms with Gasteiger partial charge in [0.1, 0.15) is 19.6 Å². The number of hydroxylamine groups is 9. The van der Waals surface area contributed by atoms with Crippen molar-refractivity contribution < 1.29 is 43.9 Å². The molecule has 0 heterocycles. The zero-order valence-electron chi connectivity index (χ0n) is 50.5. The standard InChI is InChI=1S/C17H34N2O2.C15H30N2O2.C15H30N2O.C14H30NO/c1-4-5-6-7-8-9-10-11-12-14-17(20)18-15-13-16-19(2,3)21;1-4-5-6-7-8-9-10-12-15(18)16-13-11-14-17(2,3)19;1-4-5-6-7-8-9-10-12-15(18)16-13-11-14-17(2)3;1-4-5-6-7-8-9-10-11-12-13-14-15(2,3)16/h5-6,21H,4,7-16H2,1-3H3;4,19H,1,5-14H2,2-3H3;4H,1,5-14H2,2-3H3,(H,16,18);5-6,16H,4,7-14H2,1-3H3/q;;;+1/p+2/b6-5+;;;6-5+. The zero-order valence-corrected chi connectivity index (χ0v) is 50.5. The summed E-state index contributed by atoms with van der Waals surface area (Å²) < 4.78 is 0.0334. The third-order valence-corrected chi connectivity index (χ3v) is 12.0. The minimum atomic E-state index is -0.0411. The molecular weight excluding hydrogens is 927 g/mol. The number of hydrogen-bond donors (Lipinski definition) is 6. The Balaban J connectivity index is -0.000000443. The van der Waals surface area contributed by atoms with Gasteiger partial charge in [0.25, 0.3) is 0 Å². The van der Waals surface area contributed by atoms with E-state index in [1.807, 2.05) is 40.3 Å². The first-order valence-electron chi connectivity index (χ1n) is 29.8. The second-order valence-electron chi connectivity index (χ2n) is 22.1. The number of nitrogens with one attached hydrogen (secondary N) is 3. The second kappa shape index (κ2) is 57.8. The number of quaternary nitrogens is 3. The molecule has 0 fully saturated rings. The fraction of sp³-hybridized carbons (Fsp3) is 0.820. The highest BCUT2D eigenvalue weighted by molar-refractivity contribution is 5.76. The van der Waals surface area contributed by atoms with Gasteiger partial charge in [-0.2, -0.15) is 13.9 Å². The van der Waals surface area contributed by atoms with E-state index in [9.17, 15) is 30.0 Å². The molecule has 0 aliphatic rings. The summed E-state index contributed by atoms with van der Waals surface area (Å²) in [6, 6.07) is 0. The monoisotopic (exact) mass is 1050 g/mol. The number of hydrogen-bond acceptors (Lipinski definition) is 7. The molecule has 0 saturated heterocycles. The number of rotatable bonds is 47. The van der Waals surface area contributed by atoms with E-state index in [-0.39, 0.29) is 31.7 Å². The fourth-order valence-electron chi connectivity index (χ4n) is 7.60. The van der Waals surface area contributed by atoms with Gasteiger partial charge in [0.05, 0.1) is 42.3 Å². The molecule has 0 atom stereocenters. The summed E-state index contributed by atoms with van der Waals surface area (Å²) in [6.45, 7) is 17.1. The Morgan fingerprint density at radius 3 is 0.959 bits per heavy atom. The van der Waals surface area contributed by atoms with Crippen molar-refractivity contribution in [3.05, 3.63) is 49.6 Å². The molecule has 0 aromatic heterocycles. The minimum Gasteiger partial charge on any atom is -0.356 e. The van der Waals surface area contributed by atoms with Crippen LogP contribution in [0.1, 0.15) is 226 Å². The molecule has 3 amide bonds. The fourth-order valence-corrected chi connectivity index (χ4v) is 7.60. The van der Waals surface area contributed by atoms with Gasteiger partial charge in [-0.25, -0.2) is 15.6 Å². The number of amides is 3. The van der Waals surface area contributed by atoms with Crippen LogP contribution in [-0.2, 0) is 14.4 Å². The SMILES string of the molecule is C=CCCCCCCCC(=O)NCCCN(C)C.C=CCCCCCCCC(=O)NCCC[N+](C)(C)O.CC/C=C/CCCCCCCC(=O)NCCC[N+](C)(C)O.CC/C=C/CCCCCCCC[N+](C)(C)O. The summed E-state index contributed by atoms with van der Waals surface area (Å²) in [6.07, 6.45) is 49.8. The van der Waals surface area contributed by atoms with Crippen LogP contribution in [0, 0.1) is 0 Å². The van der Waals surface area contributed by atoms with E-state index in [2.05, 4.69) is 72.2 Å². The quantitative estimate of drug-likeness (QED) is 0.0154. The van der Waals surface area contributed by atoms with Crippen LogP contribution < -0.4 is 16.0 Å². The molecule has 0 saturated carbocycles. The molecule has 0 unspecified atom stereocenters. The Morgan fingerprint density at radius 2 is 0.662 bits per heavy atom. The van der Waals surface area contributed by atoms with Gasteiger partial charge < -0.3 is 20.9 Å². The van der Waals surface area contributed by atoms with E-state index in [1.54, 1.807) is 28.2 Å². The predicted octanol–water partition coefficient (Wildman–Crippen LogP) is 13.7. The van der Waals surface area contributed by atoms with Crippen molar-refractivity contribution in [2.24, 2.45) is 0 Å². The van der Waals surface area contributed by atoms with Gasteiger partial charge >= 0.3 is 0 Å². The maximum atomic E-state index is 11.6. The van der Waals surface area contributed by atoms with Crippen LogP contribution in [0.15, 0.2) is 49.6 Å². The van der Waals surface area contributed by atoms with Crippen molar-refractivity contribution in [3.63, 3.8) is 0 Å². The zero-order chi connectivity index (χ0) is 56.5. The molecule has 0 aromatic carbocycles. The number of carbonyl (C=O) groups is 3. The lowest BCUT2D eigenvalue weighted by Gasteiger charge is -2.19. The molecule has 0 rings (SSSR count). The normalized spacial score (nSPS) is 11.6. The predicted molar refractivity (Wildman–Crippen MR) is 316 cm³/mol. The van der Waals surface area contributed by atoms with E-state index in [1.165, 1.54) is 109 Å². The van der Waals surface area contributed by atoms with Crippen molar-refractivity contribution in [1.82, 2.24) is 20.9 Å². The molecular formula is C61H126N7O6+3. The number of allylic oxidation sites excluding steroid dienone is 6. The highest BCUT2D eigenvalue weighted by Gasteiger charge is 2.12. The summed E-state index contributed by atoms with van der Waals surface area (Å²) in [5, 5.41) is 37.2. The van der Waals surface area contributed by atoms with Crippen molar-refractivity contribution in [3.8, 4) is 0 Å². The van der Waals surface area contributed by atoms with Crippen LogP contribution in [0.2, 0.25) is 0 Å². The van der Waals surface area contributed by atoms with Crippen molar-refractivity contribution in [1.29, 1.82) is 0 Å². The van der Waals surface area contributed by atoms with Crippen molar-refractivity contribution in [2.75, 3.05) is 102 Å². The average molecular weight is 1050 g/mol. The van der Waals surface area contributed by atoms with Gasteiger partial charge in [0.15, 0.2) is 0 Å². The van der Waals surface area contributed by atoms with Crippen LogP contribution in [0.5, 0.6) is 0 Å².